The van der Waals surface area contributed by atoms with Crippen molar-refractivity contribution in [1.82, 2.24) is 9.97 Å². The summed E-state index contributed by atoms with van der Waals surface area (Å²) in [5.41, 5.74) is 0.752. The Balaban J connectivity index is 2.10. The van der Waals surface area contributed by atoms with Gasteiger partial charge in [-0.3, -0.25) is 0 Å². The van der Waals surface area contributed by atoms with Gasteiger partial charge in [-0.05, 0) is 47.1 Å². The first-order chi connectivity index (χ1) is 10.1. The molecule has 0 spiro atoms. The van der Waals surface area contributed by atoms with E-state index in [-0.39, 0.29) is 5.82 Å². The number of thiophene rings is 1. The van der Waals surface area contributed by atoms with Crippen LogP contribution >= 0.6 is 27.3 Å². The van der Waals surface area contributed by atoms with Gasteiger partial charge in [0.1, 0.15) is 16.5 Å². The average Bonchev–Trinajstić information content (AvgIpc) is 2.82. The topological polar surface area (TPSA) is 49.8 Å². The molecule has 7 heteroatoms. The van der Waals surface area contributed by atoms with Crippen LogP contribution in [-0.2, 0) is 0 Å². The molecule has 3 aromatic rings. The summed E-state index contributed by atoms with van der Waals surface area (Å²) in [5.74, 6) is 0.952. The second-order valence-corrected chi connectivity index (χ2v) is 6.56. The first kappa shape index (κ1) is 14.2. The van der Waals surface area contributed by atoms with Gasteiger partial charge < -0.3 is 10.6 Å². The maximum Gasteiger partial charge on any atom is 0.225 e. The third kappa shape index (κ3) is 2.84. The summed E-state index contributed by atoms with van der Waals surface area (Å²) in [7, 11) is 1.78. The van der Waals surface area contributed by atoms with Crippen LogP contribution in [0.1, 0.15) is 4.88 Å². The lowest BCUT2D eigenvalue weighted by Gasteiger charge is -2.10. The minimum atomic E-state index is -0.289. The van der Waals surface area contributed by atoms with E-state index < -0.39 is 0 Å². The monoisotopic (exact) mass is 366 g/mol. The molecular formula is C14H12BrFN4S. The van der Waals surface area contributed by atoms with Crippen LogP contribution in [-0.4, -0.2) is 17.0 Å². The van der Waals surface area contributed by atoms with Crippen molar-refractivity contribution >= 4 is 54.9 Å². The van der Waals surface area contributed by atoms with Crippen LogP contribution in [0.15, 0.2) is 28.7 Å². The van der Waals surface area contributed by atoms with Gasteiger partial charge in [0, 0.05) is 16.4 Å². The summed E-state index contributed by atoms with van der Waals surface area (Å²) < 4.78 is 13.8. The number of nitrogens with one attached hydrogen (secondary N) is 2. The lowest BCUT2D eigenvalue weighted by molar-refractivity contribution is 0.627. The second-order valence-electron chi connectivity index (χ2n) is 4.47. The number of aryl methyl sites for hydroxylation is 1. The van der Waals surface area contributed by atoms with Crippen LogP contribution in [0.5, 0.6) is 0 Å². The molecule has 0 fully saturated rings. The molecule has 1 aromatic carbocycles. The highest BCUT2D eigenvalue weighted by molar-refractivity contribution is 9.10. The van der Waals surface area contributed by atoms with Crippen LogP contribution in [0.3, 0.4) is 0 Å². The molecule has 0 radical (unpaired) electrons. The Labute approximate surface area is 133 Å². The Morgan fingerprint density at radius 1 is 1.24 bits per heavy atom. The molecule has 3 rings (SSSR count). The standard InChI is InChI=1S/C14H12BrFN4S/c1-7-5-9-12(19-14(17-2)20-13(9)21-7)18-11-4-3-8(16)6-10(11)15/h3-6H,1-2H3,(H2,17,18,19,20). The Morgan fingerprint density at radius 3 is 2.76 bits per heavy atom. The highest BCUT2D eigenvalue weighted by atomic mass is 79.9. The molecule has 0 aliphatic carbocycles. The molecule has 0 atom stereocenters. The summed E-state index contributed by atoms with van der Waals surface area (Å²) in [6.45, 7) is 2.03. The number of hydrogen-bond donors (Lipinski definition) is 2. The predicted molar refractivity (Wildman–Crippen MR) is 89.1 cm³/mol. The van der Waals surface area contributed by atoms with Gasteiger partial charge in [0.15, 0.2) is 0 Å². The van der Waals surface area contributed by atoms with Crippen molar-refractivity contribution < 1.29 is 4.39 Å². The average molecular weight is 367 g/mol. The van der Waals surface area contributed by atoms with Crippen molar-refractivity contribution in [3.05, 3.63) is 39.4 Å². The van der Waals surface area contributed by atoms with Crippen molar-refractivity contribution in [2.75, 3.05) is 17.7 Å². The number of anilines is 3. The number of rotatable bonds is 3. The smallest absolute Gasteiger partial charge is 0.225 e. The van der Waals surface area contributed by atoms with Crippen LogP contribution in [0.25, 0.3) is 10.2 Å². The fraction of sp³-hybridized carbons (Fsp3) is 0.143. The SMILES string of the molecule is CNc1nc(Nc2ccc(F)cc2Br)c2cc(C)sc2n1. The Bertz CT molecular complexity index is 818. The largest absolute Gasteiger partial charge is 0.357 e. The quantitative estimate of drug-likeness (QED) is 0.705. The first-order valence-electron chi connectivity index (χ1n) is 6.25. The zero-order chi connectivity index (χ0) is 15.0. The molecule has 108 valence electrons. The molecule has 4 nitrogen and oxygen atoms in total. The van der Waals surface area contributed by atoms with E-state index in [2.05, 4.69) is 36.5 Å². The van der Waals surface area contributed by atoms with Crippen LogP contribution < -0.4 is 10.6 Å². The third-order valence-electron chi connectivity index (χ3n) is 2.92. The molecule has 2 heterocycles. The van der Waals surface area contributed by atoms with Crippen molar-refractivity contribution in [3.63, 3.8) is 0 Å². The van der Waals surface area contributed by atoms with Crippen molar-refractivity contribution in [2.45, 2.75) is 6.92 Å². The van der Waals surface area contributed by atoms with E-state index >= 15 is 0 Å². The van der Waals surface area contributed by atoms with E-state index in [1.807, 2.05) is 13.0 Å². The van der Waals surface area contributed by atoms with Gasteiger partial charge in [-0.25, -0.2) is 9.37 Å². The van der Waals surface area contributed by atoms with Crippen molar-refractivity contribution in [2.24, 2.45) is 0 Å². The van der Waals surface area contributed by atoms with Gasteiger partial charge in [-0.1, -0.05) is 0 Å². The zero-order valence-corrected chi connectivity index (χ0v) is 13.8. The molecule has 0 saturated carbocycles. The van der Waals surface area contributed by atoms with E-state index in [4.69, 9.17) is 0 Å². The number of benzene rings is 1. The van der Waals surface area contributed by atoms with Gasteiger partial charge in [-0.2, -0.15) is 4.98 Å². The lowest BCUT2D eigenvalue weighted by atomic mass is 10.3. The highest BCUT2D eigenvalue weighted by Gasteiger charge is 2.11. The minimum Gasteiger partial charge on any atom is -0.357 e. The van der Waals surface area contributed by atoms with E-state index in [0.29, 0.717) is 16.2 Å². The third-order valence-corrected chi connectivity index (χ3v) is 4.52. The van der Waals surface area contributed by atoms with Gasteiger partial charge in [0.2, 0.25) is 5.95 Å². The number of nitrogens with zero attached hydrogens (tertiary/aromatic N) is 2. The molecular weight excluding hydrogens is 355 g/mol. The van der Waals surface area contributed by atoms with Crippen LogP contribution in [0.4, 0.5) is 21.8 Å². The fourth-order valence-electron chi connectivity index (χ4n) is 1.97. The Kier molecular flexibility index (Phi) is 3.77. The number of aromatic nitrogens is 2. The number of hydrogen-bond acceptors (Lipinski definition) is 5. The second kappa shape index (κ2) is 5.57. The summed E-state index contributed by atoms with van der Waals surface area (Å²) in [6.07, 6.45) is 0. The predicted octanol–water partition coefficient (Wildman–Crippen LogP) is 4.69. The van der Waals surface area contributed by atoms with Gasteiger partial charge >= 0.3 is 0 Å². The molecule has 0 aliphatic heterocycles. The molecule has 0 unspecified atom stereocenters. The molecule has 2 N–H and O–H groups in total. The van der Waals surface area contributed by atoms with Gasteiger partial charge in [0.25, 0.3) is 0 Å². The van der Waals surface area contributed by atoms with Crippen LogP contribution in [0, 0.1) is 12.7 Å². The van der Waals surface area contributed by atoms with Gasteiger partial charge in [0.05, 0.1) is 11.1 Å². The Morgan fingerprint density at radius 2 is 2.05 bits per heavy atom. The molecule has 0 bridgehead atoms. The molecule has 0 saturated heterocycles. The number of halogens is 2. The molecule has 0 aliphatic rings. The van der Waals surface area contributed by atoms with E-state index in [1.165, 1.54) is 12.1 Å². The first-order valence-corrected chi connectivity index (χ1v) is 7.86. The van der Waals surface area contributed by atoms with Crippen LogP contribution in [0.2, 0.25) is 0 Å². The summed E-state index contributed by atoms with van der Waals surface area (Å²) >= 11 is 4.96. The summed E-state index contributed by atoms with van der Waals surface area (Å²) in [5, 5.41) is 7.14. The maximum atomic E-state index is 13.2. The lowest BCUT2D eigenvalue weighted by Crippen LogP contribution is -2.01. The van der Waals surface area contributed by atoms with Crippen molar-refractivity contribution in [3.8, 4) is 0 Å². The fourth-order valence-corrected chi connectivity index (χ4v) is 3.30. The van der Waals surface area contributed by atoms with Gasteiger partial charge in [-0.15, -0.1) is 11.3 Å². The molecule has 2 aromatic heterocycles. The normalized spacial score (nSPS) is 10.9. The molecule has 0 amide bonds. The maximum absolute atomic E-state index is 13.2. The minimum absolute atomic E-state index is 0.289. The highest BCUT2D eigenvalue weighted by Crippen LogP contribution is 2.33. The van der Waals surface area contributed by atoms with E-state index in [9.17, 15) is 4.39 Å². The van der Waals surface area contributed by atoms with E-state index in [0.717, 1.165) is 20.8 Å². The van der Waals surface area contributed by atoms with Crippen molar-refractivity contribution in [1.29, 1.82) is 0 Å². The summed E-state index contributed by atoms with van der Waals surface area (Å²) in [4.78, 5) is 11.0. The Hall–Kier alpha value is -1.73. The number of fused-ring (bicyclic) bond motifs is 1. The zero-order valence-electron chi connectivity index (χ0n) is 11.4. The molecule has 21 heavy (non-hydrogen) atoms. The summed E-state index contributed by atoms with van der Waals surface area (Å²) in [6, 6.07) is 6.53. The van der Waals surface area contributed by atoms with E-state index in [1.54, 1.807) is 24.5 Å².